The van der Waals surface area contributed by atoms with Crippen molar-refractivity contribution in [1.82, 2.24) is 4.98 Å². The SMILES string of the molecule is CCCCCC(C)(C)CNc1ncccc1C. The Bertz CT molecular complexity index is 331. The molecule has 0 fully saturated rings. The van der Waals surface area contributed by atoms with Crippen molar-refractivity contribution in [2.75, 3.05) is 11.9 Å². The van der Waals surface area contributed by atoms with E-state index in [0.717, 1.165) is 12.4 Å². The minimum absolute atomic E-state index is 0.346. The van der Waals surface area contributed by atoms with E-state index in [4.69, 9.17) is 0 Å². The lowest BCUT2D eigenvalue weighted by atomic mass is 9.87. The summed E-state index contributed by atoms with van der Waals surface area (Å²) in [4.78, 5) is 4.37. The largest absolute Gasteiger partial charge is 0.369 e. The zero-order chi connectivity index (χ0) is 12.7. The van der Waals surface area contributed by atoms with Gasteiger partial charge in [0.05, 0.1) is 0 Å². The molecule has 2 nitrogen and oxygen atoms in total. The fraction of sp³-hybridized carbons (Fsp3) is 0.667. The maximum atomic E-state index is 4.37. The Labute approximate surface area is 106 Å². The Balaban J connectivity index is 2.41. The summed E-state index contributed by atoms with van der Waals surface area (Å²) in [7, 11) is 0. The number of aromatic nitrogens is 1. The van der Waals surface area contributed by atoms with Gasteiger partial charge in [-0.05, 0) is 30.4 Å². The molecular weight excluding hydrogens is 208 g/mol. The lowest BCUT2D eigenvalue weighted by Crippen LogP contribution is -2.23. The quantitative estimate of drug-likeness (QED) is 0.707. The van der Waals surface area contributed by atoms with Gasteiger partial charge in [-0.15, -0.1) is 0 Å². The Morgan fingerprint density at radius 2 is 2.06 bits per heavy atom. The number of anilines is 1. The summed E-state index contributed by atoms with van der Waals surface area (Å²) in [6.07, 6.45) is 7.08. The average Bonchev–Trinajstić information content (AvgIpc) is 2.28. The van der Waals surface area contributed by atoms with Gasteiger partial charge in [0, 0.05) is 12.7 Å². The van der Waals surface area contributed by atoms with Gasteiger partial charge in [0.15, 0.2) is 0 Å². The third-order valence-electron chi connectivity index (χ3n) is 3.20. The summed E-state index contributed by atoms with van der Waals surface area (Å²) in [6, 6.07) is 4.08. The molecule has 0 saturated heterocycles. The topological polar surface area (TPSA) is 24.9 Å². The molecule has 17 heavy (non-hydrogen) atoms. The monoisotopic (exact) mass is 234 g/mol. The second-order valence-electron chi connectivity index (χ2n) is 5.64. The van der Waals surface area contributed by atoms with Gasteiger partial charge in [0.25, 0.3) is 0 Å². The maximum Gasteiger partial charge on any atom is 0.128 e. The van der Waals surface area contributed by atoms with Crippen LogP contribution >= 0.6 is 0 Å². The number of nitrogens with one attached hydrogen (secondary N) is 1. The van der Waals surface area contributed by atoms with Crippen LogP contribution in [0.3, 0.4) is 0 Å². The first-order chi connectivity index (χ1) is 8.05. The van der Waals surface area contributed by atoms with E-state index in [2.05, 4.69) is 44.1 Å². The van der Waals surface area contributed by atoms with Gasteiger partial charge < -0.3 is 5.32 Å². The molecule has 1 N–H and O–H groups in total. The minimum atomic E-state index is 0.346. The zero-order valence-electron chi connectivity index (χ0n) is 11.7. The van der Waals surface area contributed by atoms with Gasteiger partial charge in [0.1, 0.15) is 5.82 Å². The lowest BCUT2D eigenvalue weighted by Gasteiger charge is -2.25. The van der Waals surface area contributed by atoms with Gasteiger partial charge in [-0.25, -0.2) is 4.98 Å². The van der Waals surface area contributed by atoms with E-state index >= 15 is 0 Å². The molecule has 0 amide bonds. The van der Waals surface area contributed by atoms with Crippen LogP contribution in [0.25, 0.3) is 0 Å². The van der Waals surface area contributed by atoms with Crippen LogP contribution in [0.5, 0.6) is 0 Å². The van der Waals surface area contributed by atoms with Crippen LogP contribution in [-0.4, -0.2) is 11.5 Å². The molecule has 1 aromatic rings. The predicted octanol–water partition coefficient (Wildman–Crippen LogP) is 4.41. The first-order valence-corrected chi connectivity index (χ1v) is 6.70. The molecule has 0 aromatic carbocycles. The summed E-state index contributed by atoms with van der Waals surface area (Å²) < 4.78 is 0. The van der Waals surface area contributed by atoms with Crippen molar-refractivity contribution in [3.8, 4) is 0 Å². The molecule has 0 aliphatic carbocycles. The van der Waals surface area contributed by atoms with Crippen LogP contribution in [0.1, 0.15) is 52.0 Å². The Morgan fingerprint density at radius 3 is 2.71 bits per heavy atom. The zero-order valence-corrected chi connectivity index (χ0v) is 11.7. The second-order valence-corrected chi connectivity index (χ2v) is 5.64. The van der Waals surface area contributed by atoms with Crippen molar-refractivity contribution in [1.29, 1.82) is 0 Å². The number of aryl methyl sites for hydroxylation is 1. The van der Waals surface area contributed by atoms with E-state index in [-0.39, 0.29) is 0 Å². The molecule has 0 radical (unpaired) electrons. The summed E-state index contributed by atoms with van der Waals surface area (Å²) in [6.45, 7) is 10.00. The summed E-state index contributed by atoms with van der Waals surface area (Å²) in [5.74, 6) is 1.02. The second kappa shape index (κ2) is 6.63. The molecule has 0 bridgehead atoms. The lowest BCUT2D eigenvalue weighted by molar-refractivity contribution is 0.342. The molecule has 0 aliphatic rings. The fourth-order valence-corrected chi connectivity index (χ4v) is 1.94. The maximum absolute atomic E-state index is 4.37. The Kier molecular flexibility index (Phi) is 5.46. The van der Waals surface area contributed by atoms with Crippen molar-refractivity contribution in [2.24, 2.45) is 5.41 Å². The molecule has 1 heterocycles. The number of pyridine rings is 1. The Hall–Kier alpha value is -1.05. The van der Waals surface area contributed by atoms with Crippen molar-refractivity contribution >= 4 is 5.82 Å². The van der Waals surface area contributed by atoms with E-state index in [9.17, 15) is 0 Å². The molecule has 0 spiro atoms. The van der Waals surface area contributed by atoms with E-state index in [1.165, 1.54) is 31.2 Å². The summed E-state index contributed by atoms with van der Waals surface area (Å²) in [5, 5.41) is 3.47. The van der Waals surface area contributed by atoms with Crippen molar-refractivity contribution in [3.05, 3.63) is 23.9 Å². The highest BCUT2D eigenvalue weighted by Crippen LogP contribution is 2.24. The van der Waals surface area contributed by atoms with Gasteiger partial charge in [0.2, 0.25) is 0 Å². The van der Waals surface area contributed by atoms with Crippen molar-refractivity contribution < 1.29 is 0 Å². The number of rotatable bonds is 7. The standard InChI is InChI=1S/C15H26N2/c1-5-6-7-10-15(3,4)12-17-14-13(2)9-8-11-16-14/h8-9,11H,5-7,10,12H2,1-4H3,(H,16,17). The number of nitrogens with zero attached hydrogens (tertiary/aromatic N) is 1. The molecule has 0 atom stereocenters. The minimum Gasteiger partial charge on any atom is -0.369 e. The highest BCUT2D eigenvalue weighted by atomic mass is 15.0. The first kappa shape index (κ1) is 14.0. The number of hydrogen-bond donors (Lipinski definition) is 1. The van der Waals surface area contributed by atoms with Gasteiger partial charge in [-0.2, -0.15) is 0 Å². The fourth-order valence-electron chi connectivity index (χ4n) is 1.94. The highest BCUT2D eigenvalue weighted by molar-refractivity contribution is 5.42. The average molecular weight is 234 g/mol. The molecule has 1 rings (SSSR count). The van der Waals surface area contributed by atoms with Crippen molar-refractivity contribution in [2.45, 2.75) is 53.4 Å². The first-order valence-electron chi connectivity index (χ1n) is 6.70. The van der Waals surface area contributed by atoms with Crippen LogP contribution in [0.2, 0.25) is 0 Å². The van der Waals surface area contributed by atoms with Crippen LogP contribution in [0.15, 0.2) is 18.3 Å². The smallest absolute Gasteiger partial charge is 0.128 e. The Morgan fingerprint density at radius 1 is 1.29 bits per heavy atom. The van der Waals surface area contributed by atoms with Crippen molar-refractivity contribution in [3.63, 3.8) is 0 Å². The highest BCUT2D eigenvalue weighted by Gasteiger charge is 2.17. The third kappa shape index (κ3) is 5.20. The van der Waals surface area contributed by atoms with Gasteiger partial charge in [-0.3, -0.25) is 0 Å². The molecular formula is C15H26N2. The van der Waals surface area contributed by atoms with Crippen LogP contribution in [0, 0.1) is 12.3 Å². The molecule has 2 heteroatoms. The number of unbranched alkanes of at least 4 members (excludes halogenated alkanes) is 2. The molecule has 0 saturated carbocycles. The van der Waals surface area contributed by atoms with Gasteiger partial charge >= 0.3 is 0 Å². The third-order valence-corrected chi connectivity index (χ3v) is 3.20. The van der Waals surface area contributed by atoms with Crippen LogP contribution < -0.4 is 5.32 Å². The van der Waals surface area contributed by atoms with Gasteiger partial charge in [-0.1, -0.05) is 46.1 Å². The van der Waals surface area contributed by atoms with E-state index in [1.54, 1.807) is 0 Å². The molecule has 0 aliphatic heterocycles. The molecule has 0 unspecified atom stereocenters. The van der Waals surface area contributed by atoms with Crippen LogP contribution in [0.4, 0.5) is 5.82 Å². The number of hydrogen-bond acceptors (Lipinski definition) is 2. The predicted molar refractivity (Wildman–Crippen MR) is 75.4 cm³/mol. The van der Waals surface area contributed by atoms with E-state index in [0.29, 0.717) is 5.41 Å². The summed E-state index contributed by atoms with van der Waals surface area (Å²) >= 11 is 0. The van der Waals surface area contributed by atoms with Crippen LogP contribution in [-0.2, 0) is 0 Å². The van der Waals surface area contributed by atoms with E-state index in [1.807, 2.05) is 12.3 Å². The molecule has 96 valence electrons. The molecule has 1 aromatic heterocycles. The normalized spacial score (nSPS) is 11.5. The van der Waals surface area contributed by atoms with E-state index < -0.39 is 0 Å². The summed E-state index contributed by atoms with van der Waals surface area (Å²) in [5.41, 5.74) is 1.57.